The number of rotatable bonds is 4. The number of aryl methyl sites for hydroxylation is 1. The van der Waals surface area contributed by atoms with Crippen LogP contribution in [-0.4, -0.2) is 29.6 Å². The largest absolute Gasteiger partial charge is 0.467 e. The summed E-state index contributed by atoms with van der Waals surface area (Å²) in [7, 11) is 3.10. The molecule has 0 saturated carbocycles. The number of nitrogens with one attached hydrogen (secondary N) is 1. The van der Waals surface area contributed by atoms with Crippen molar-refractivity contribution in [3.63, 3.8) is 0 Å². The van der Waals surface area contributed by atoms with E-state index in [1.54, 1.807) is 29.8 Å². The Balaban J connectivity index is 2.33. The average molecular weight is 323 g/mol. The number of benzene rings is 1. The number of esters is 1. The number of carbonyl (C=O) groups excluding carboxylic acids is 2. The van der Waals surface area contributed by atoms with Crippen LogP contribution in [0.2, 0.25) is 5.02 Å². The van der Waals surface area contributed by atoms with Crippen molar-refractivity contribution in [3.05, 3.63) is 35.0 Å². The van der Waals surface area contributed by atoms with Crippen molar-refractivity contribution in [2.75, 3.05) is 7.11 Å². The van der Waals surface area contributed by atoms with Gasteiger partial charge in [-0.15, -0.1) is 0 Å². The lowest BCUT2D eigenvalue weighted by molar-refractivity contribution is -0.144. The molecule has 0 radical (unpaired) electrons. The minimum absolute atomic E-state index is 0.0690. The van der Waals surface area contributed by atoms with E-state index in [9.17, 15) is 9.59 Å². The summed E-state index contributed by atoms with van der Waals surface area (Å²) in [6.07, 6.45) is 0. The second kappa shape index (κ2) is 6.40. The van der Waals surface area contributed by atoms with Gasteiger partial charge in [-0.05, 0) is 24.1 Å². The van der Waals surface area contributed by atoms with Gasteiger partial charge >= 0.3 is 5.97 Å². The van der Waals surface area contributed by atoms with Gasteiger partial charge in [0.25, 0.3) is 5.91 Å². The number of amides is 1. The summed E-state index contributed by atoms with van der Waals surface area (Å²) in [4.78, 5) is 24.2. The van der Waals surface area contributed by atoms with E-state index in [-0.39, 0.29) is 11.8 Å². The molecule has 2 aromatic rings. The molecule has 0 aliphatic carbocycles. The number of carbonyl (C=O) groups is 2. The summed E-state index contributed by atoms with van der Waals surface area (Å²) < 4.78 is 6.49. The molecule has 1 amide bonds. The third kappa shape index (κ3) is 3.09. The van der Waals surface area contributed by atoms with E-state index >= 15 is 0 Å². The average Bonchev–Trinajstić information content (AvgIpc) is 2.80. The third-order valence-electron chi connectivity index (χ3n) is 3.65. The molecule has 1 N–H and O–H groups in total. The highest BCUT2D eigenvalue weighted by atomic mass is 35.5. The Labute approximate surface area is 134 Å². The Hall–Kier alpha value is -2.01. The first-order valence-electron chi connectivity index (χ1n) is 6.98. The summed E-state index contributed by atoms with van der Waals surface area (Å²) in [6.45, 7) is 3.70. The normalized spacial score (nSPS) is 12.5. The van der Waals surface area contributed by atoms with Crippen LogP contribution in [0.4, 0.5) is 0 Å². The van der Waals surface area contributed by atoms with Gasteiger partial charge in [0.1, 0.15) is 11.7 Å². The van der Waals surface area contributed by atoms with Crippen molar-refractivity contribution in [2.45, 2.75) is 19.9 Å². The lowest BCUT2D eigenvalue weighted by Gasteiger charge is -2.19. The van der Waals surface area contributed by atoms with Gasteiger partial charge < -0.3 is 14.6 Å². The summed E-state index contributed by atoms with van der Waals surface area (Å²) in [5.74, 6) is -0.843. The summed E-state index contributed by atoms with van der Waals surface area (Å²) >= 11 is 5.99. The van der Waals surface area contributed by atoms with Crippen LogP contribution >= 0.6 is 11.6 Å². The summed E-state index contributed by atoms with van der Waals surface area (Å²) in [6, 6.07) is 6.52. The van der Waals surface area contributed by atoms with Gasteiger partial charge in [0, 0.05) is 23.0 Å². The maximum atomic E-state index is 12.5. The summed E-state index contributed by atoms with van der Waals surface area (Å²) in [5, 5.41) is 4.25. The van der Waals surface area contributed by atoms with Gasteiger partial charge in [0.2, 0.25) is 0 Å². The number of fused-ring (bicyclic) bond motifs is 1. The van der Waals surface area contributed by atoms with Crippen molar-refractivity contribution < 1.29 is 14.3 Å². The predicted octanol–water partition coefficient (Wildman–Crippen LogP) is 2.76. The lowest BCUT2D eigenvalue weighted by atomic mass is 10.0. The molecule has 1 unspecified atom stereocenters. The minimum atomic E-state index is -0.681. The van der Waals surface area contributed by atoms with E-state index < -0.39 is 12.0 Å². The molecule has 1 heterocycles. The maximum Gasteiger partial charge on any atom is 0.328 e. The van der Waals surface area contributed by atoms with Crippen molar-refractivity contribution in [1.29, 1.82) is 0 Å². The quantitative estimate of drug-likeness (QED) is 0.880. The fourth-order valence-corrected chi connectivity index (χ4v) is 2.53. The topological polar surface area (TPSA) is 60.3 Å². The number of aromatic nitrogens is 1. The Morgan fingerprint density at radius 1 is 1.27 bits per heavy atom. The predicted molar refractivity (Wildman–Crippen MR) is 86.0 cm³/mol. The number of halogens is 1. The molecular formula is C16H19ClN2O3. The molecule has 2 rings (SSSR count). The van der Waals surface area contributed by atoms with Crippen LogP contribution in [0.1, 0.15) is 24.3 Å². The number of hydrogen-bond donors (Lipinski definition) is 1. The molecule has 0 aliphatic heterocycles. The molecule has 0 bridgehead atoms. The number of nitrogens with zero attached hydrogens (tertiary/aromatic N) is 1. The molecule has 0 aliphatic rings. The van der Waals surface area contributed by atoms with Crippen molar-refractivity contribution in [3.8, 4) is 0 Å². The Morgan fingerprint density at radius 3 is 2.55 bits per heavy atom. The van der Waals surface area contributed by atoms with E-state index in [1.165, 1.54) is 7.11 Å². The smallest absolute Gasteiger partial charge is 0.328 e. The minimum Gasteiger partial charge on any atom is -0.467 e. The van der Waals surface area contributed by atoms with Crippen LogP contribution in [0.15, 0.2) is 24.3 Å². The maximum absolute atomic E-state index is 12.5. The van der Waals surface area contributed by atoms with Gasteiger partial charge in [-0.3, -0.25) is 4.79 Å². The first-order chi connectivity index (χ1) is 10.3. The van der Waals surface area contributed by atoms with E-state index in [4.69, 9.17) is 16.3 Å². The zero-order valence-electron chi connectivity index (χ0n) is 13.0. The van der Waals surface area contributed by atoms with Gasteiger partial charge in [-0.2, -0.15) is 0 Å². The fraction of sp³-hybridized carbons (Fsp3) is 0.375. The van der Waals surface area contributed by atoms with E-state index in [0.29, 0.717) is 10.7 Å². The molecule has 0 fully saturated rings. The molecule has 22 heavy (non-hydrogen) atoms. The third-order valence-corrected chi connectivity index (χ3v) is 3.88. The van der Waals surface area contributed by atoms with Gasteiger partial charge in [-0.25, -0.2) is 4.79 Å². The fourth-order valence-electron chi connectivity index (χ4n) is 2.36. The molecule has 0 saturated heterocycles. The van der Waals surface area contributed by atoms with Crippen LogP contribution in [0.3, 0.4) is 0 Å². The van der Waals surface area contributed by atoms with Crippen molar-refractivity contribution in [2.24, 2.45) is 13.0 Å². The first-order valence-corrected chi connectivity index (χ1v) is 7.36. The molecule has 1 aromatic carbocycles. The highest BCUT2D eigenvalue weighted by molar-refractivity contribution is 6.31. The zero-order chi connectivity index (χ0) is 16.4. The van der Waals surface area contributed by atoms with Gasteiger partial charge in [0.05, 0.1) is 7.11 Å². The van der Waals surface area contributed by atoms with Crippen LogP contribution in [0, 0.1) is 5.92 Å². The first kappa shape index (κ1) is 16.4. The highest BCUT2D eigenvalue weighted by Gasteiger charge is 2.26. The molecule has 1 atom stereocenters. The van der Waals surface area contributed by atoms with Crippen LogP contribution in [-0.2, 0) is 16.6 Å². The van der Waals surface area contributed by atoms with Crippen LogP contribution in [0.5, 0.6) is 0 Å². The zero-order valence-corrected chi connectivity index (χ0v) is 13.8. The Morgan fingerprint density at radius 2 is 1.95 bits per heavy atom. The highest BCUT2D eigenvalue weighted by Crippen LogP contribution is 2.22. The van der Waals surface area contributed by atoms with Crippen molar-refractivity contribution >= 4 is 34.4 Å². The standard InChI is InChI=1S/C16H19ClN2O3/c1-9(2)14(16(21)22-4)18-15(20)13-7-10-5-6-11(17)8-12(10)19(13)3/h5-9,14H,1-4H3,(H,18,20). The number of methoxy groups -OCH3 is 1. The molecule has 1 aromatic heterocycles. The number of hydrogen-bond acceptors (Lipinski definition) is 3. The SMILES string of the molecule is COC(=O)C(NC(=O)c1cc2ccc(Cl)cc2n1C)C(C)C. The van der Waals surface area contributed by atoms with Crippen LogP contribution < -0.4 is 5.32 Å². The molecule has 0 spiro atoms. The van der Waals surface area contributed by atoms with Crippen molar-refractivity contribution in [1.82, 2.24) is 9.88 Å². The molecule has 5 nitrogen and oxygen atoms in total. The second-order valence-corrected chi connectivity index (χ2v) is 5.95. The Kier molecular flexibility index (Phi) is 4.76. The lowest BCUT2D eigenvalue weighted by Crippen LogP contribution is -2.45. The van der Waals surface area contributed by atoms with E-state index in [1.807, 2.05) is 19.9 Å². The number of ether oxygens (including phenoxy) is 1. The van der Waals surface area contributed by atoms with Gasteiger partial charge in [-0.1, -0.05) is 31.5 Å². The van der Waals surface area contributed by atoms with Gasteiger partial charge in [0.15, 0.2) is 0 Å². The molecule has 118 valence electrons. The molecular weight excluding hydrogens is 304 g/mol. The molecule has 6 heteroatoms. The monoisotopic (exact) mass is 322 g/mol. The summed E-state index contributed by atoms with van der Waals surface area (Å²) in [5.41, 5.74) is 1.32. The second-order valence-electron chi connectivity index (χ2n) is 5.51. The van der Waals surface area contributed by atoms with Crippen LogP contribution in [0.25, 0.3) is 10.9 Å². The van der Waals surface area contributed by atoms with E-state index in [0.717, 1.165) is 10.9 Å². The van der Waals surface area contributed by atoms with E-state index in [2.05, 4.69) is 5.32 Å². The Bertz CT molecular complexity index is 721.